The molecule has 5 heteroatoms. The number of ether oxygens (including phenoxy) is 1. The molecular formula is C15H13Br2ClO2. The maximum atomic E-state index is 10.3. The van der Waals surface area contributed by atoms with Crippen LogP contribution in [0.1, 0.15) is 17.2 Å². The molecular weight excluding hydrogens is 407 g/mol. The molecule has 0 aliphatic carbocycles. The van der Waals surface area contributed by atoms with E-state index in [0.29, 0.717) is 11.4 Å². The van der Waals surface area contributed by atoms with Gasteiger partial charge in [-0.3, -0.25) is 0 Å². The zero-order chi connectivity index (χ0) is 14.7. The number of hydrogen-bond acceptors (Lipinski definition) is 2. The van der Waals surface area contributed by atoms with Crippen LogP contribution < -0.4 is 4.74 Å². The molecule has 2 aromatic rings. The number of halogens is 3. The van der Waals surface area contributed by atoms with Gasteiger partial charge in [-0.05, 0) is 67.3 Å². The fraction of sp³-hybridized carbons (Fsp3) is 0.200. The largest absolute Gasteiger partial charge is 0.496 e. The molecule has 2 aromatic carbocycles. The lowest BCUT2D eigenvalue weighted by molar-refractivity contribution is 0.178. The van der Waals surface area contributed by atoms with Crippen molar-refractivity contribution in [1.29, 1.82) is 0 Å². The van der Waals surface area contributed by atoms with E-state index in [4.69, 9.17) is 16.3 Å². The van der Waals surface area contributed by atoms with Gasteiger partial charge in [0.1, 0.15) is 5.75 Å². The Hall–Kier alpha value is -0.550. The monoisotopic (exact) mass is 418 g/mol. The second-order valence-corrected chi connectivity index (χ2v) is 6.48. The van der Waals surface area contributed by atoms with Gasteiger partial charge in [0.05, 0.1) is 22.7 Å². The minimum Gasteiger partial charge on any atom is -0.496 e. The molecule has 0 saturated carbocycles. The molecule has 2 nitrogen and oxygen atoms in total. The third-order valence-electron chi connectivity index (χ3n) is 2.97. The van der Waals surface area contributed by atoms with Crippen molar-refractivity contribution >= 4 is 43.5 Å². The fourth-order valence-electron chi connectivity index (χ4n) is 1.90. The standard InChI is InChI=1S/C15H13Br2ClO2/c1-20-15-5-2-9(6-12(15)17)7-14(19)10-3-4-13(18)11(16)8-10/h2-6,8,14,19H,7H2,1H3. The first-order chi connectivity index (χ1) is 9.51. The molecule has 0 fully saturated rings. The van der Waals surface area contributed by atoms with E-state index >= 15 is 0 Å². The Balaban J connectivity index is 2.16. The number of benzene rings is 2. The van der Waals surface area contributed by atoms with Gasteiger partial charge in [-0.15, -0.1) is 0 Å². The third-order valence-corrected chi connectivity index (χ3v) is 4.81. The summed E-state index contributed by atoms with van der Waals surface area (Å²) in [6, 6.07) is 11.2. The molecule has 0 aliphatic rings. The predicted molar refractivity (Wildman–Crippen MR) is 88.5 cm³/mol. The number of methoxy groups -OCH3 is 1. The first kappa shape index (κ1) is 15.8. The molecule has 0 radical (unpaired) electrons. The summed E-state index contributed by atoms with van der Waals surface area (Å²) in [5, 5.41) is 10.9. The van der Waals surface area contributed by atoms with Gasteiger partial charge in [-0.2, -0.15) is 0 Å². The van der Waals surface area contributed by atoms with Gasteiger partial charge in [0.15, 0.2) is 0 Å². The van der Waals surface area contributed by atoms with Crippen LogP contribution in [-0.4, -0.2) is 12.2 Å². The van der Waals surface area contributed by atoms with Crippen LogP contribution in [-0.2, 0) is 6.42 Å². The zero-order valence-corrected chi connectivity index (χ0v) is 14.7. The molecule has 0 spiro atoms. The average Bonchev–Trinajstić information content (AvgIpc) is 2.42. The van der Waals surface area contributed by atoms with Crippen LogP contribution in [0.25, 0.3) is 0 Å². The summed E-state index contributed by atoms with van der Waals surface area (Å²) in [5.41, 5.74) is 1.85. The minimum atomic E-state index is -0.580. The number of hydrogen-bond donors (Lipinski definition) is 1. The van der Waals surface area contributed by atoms with Crippen molar-refractivity contribution in [2.75, 3.05) is 7.11 Å². The quantitative estimate of drug-likeness (QED) is 0.741. The topological polar surface area (TPSA) is 29.5 Å². The van der Waals surface area contributed by atoms with Crippen LogP contribution in [0.3, 0.4) is 0 Å². The van der Waals surface area contributed by atoms with E-state index < -0.39 is 6.10 Å². The lowest BCUT2D eigenvalue weighted by atomic mass is 10.0. The first-order valence-corrected chi connectivity index (χ1v) is 7.93. The highest BCUT2D eigenvalue weighted by atomic mass is 79.9. The molecule has 2 rings (SSSR count). The van der Waals surface area contributed by atoms with Crippen molar-refractivity contribution in [2.45, 2.75) is 12.5 Å². The average molecular weight is 421 g/mol. The van der Waals surface area contributed by atoms with Crippen LogP contribution >= 0.6 is 43.5 Å². The molecule has 0 bridgehead atoms. The van der Waals surface area contributed by atoms with Crippen LogP contribution in [0, 0.1) is 0 Å². The van der Waals surface area contributed by atoms with Crippen molar-refractivity contribution in [3.63, 3.8) is 0 Å². The zero-order valence-electron chi connectivity index (χ0n) is 10.7. The molecule has 1 unspecified atom stereocenters. The highest BCUT2D eigenvalue weighted by Gasteiger charge is 2.11. The Labute approximate surface area is 140 Å². The smallest absolute Gasteiger partial charge is 0.133 e. The van der Waals surface area contributed by atoms with Crippen molar-refractivity contribution in [1.82, 2.24) is 0 Å². The van der Waals surface area contributed by atoms with Gasteiger partial charge in [0, 0.05) is 10.9 Å². The van der Waals surface area contributed by atoms with E-state index in [2.05, 4.69) is 31.9 Å². The van der Waals surface area contributed by atoms with Gasteiger partial charge < -0.3 is 9.84 Å². The number of aliphatic hydroxyl groups is 1. The summed E-state index contributed by atoms with van der Waals surface area (Å²) in [6.07, 6.45) is -0.0553. The first-order valence-electron chi connectivity index (χ1n) is 5.96. The van der Waals surface area contributed by atoms with Gasteiger partial charge in [0.2, 0.25) is 0 Å². The molecule has 106 valence electrons. The minimum absolute atomic E-state index is 0.524. The van der Waals surface area contributed by atoms with Crippen LogP contribution in [0.5, 0.6) is 5.75 Å². The lowest BCUT2D eigenvalue weighted by Gasteiger charge is -2.13. The van der Waals surface area contributed by atoms with E-state index in [9.17, 15) is 5.11 Å². The summed E-state index contributed by atoms with van der Waals surface area (Å²) in [7, 11) is 1.62. The van der Waals surface area contributed by atoms with Crippen molar-refractivity contribution in [2.24, 2.45) is 0 Å². The SMILES string of the molecule is COc1ccc(CC(O)c2ccc(Cl)c(Br)c2)cc1Br. The van der Waals surface area contributed by atoms with Crippen LogP contribution in [0.15, 0.2) is 45.3 Å². The van der Waals surface area contributed by atoms with E-state index in [-0.39, 0.29) is 0 Å². The van der Waals surface area contributed by atoms with Crippen LogP contribution in [0.2, 0.25) is 5.02 Å². The Kier molecular flexibility index (Phi) is 5.49. The summed E-state index contributed by atoms with van der Waals surface area (Å²) < 4.78 is 6.85. The van der Waals surface area contributed by atoms with E-state index in [0.717, 1.165) is 25.8 Å². The second kappa shape index (κ2) is 6.94. The molecule has 0 saturated heterocycles. The van der Waals surface area contributed by atoms with Gasteiger partial charge >= 0.3 is 0 Å². The highest BCUT2D eigenvalue weighted by molar-refractivity contribution is 9.10. The van der Waals surface area contributed by atoms with Gasteiger partial charge in [-0.1, -0.05) is 23.7 Å². The Morgan fingerprint density at radius 1 is 1.15 bits per heavy atom. The van der Waals surface area contributed by atoms with Crippen LogP contribution in [0.4, 0.5) is 0 Å². The summed E-state index contributed by atoms with van der Waals surface area (Å²) >= 11 is 12.8. The molecule has 0 aromatic heterocycles. The molecule has 1 N–H and O–H groups in total. The molecule has 0 aliphatic heterocycles. The molecule has 0 amide bonds. The van der Waals surface area contributed by atoms with Gasteiger partial charge in [-0.25, -0.2) is 0 Å². The fourth-order valence-corrected chi connectivity index (χ4v) is 3.00. The van der Waals surface area contributed by atoms with Crippen molar-refractivity contribution in [3.8, 4) is 5.75 Å². The number of aliphatic hydroxyl groups excluding tert-OH is 1. The summed E-state index contributed by atoms with van der Waals surface area (Å²) in [4.78, 5) is 0. The summed E-state index contributed by atoms with van der Waals surface area (Å²) in [5.74, 6) is 0.775. The molecule has 20 heavy (non-hydrogen) atoms. The summed E-state index contributed by atoms with van der Waals surface area (Å²) in [6.45, 7) is 0. The maximum absolute atomic E-state index is 10.3. The second-order valence-electron chi connectivity index (χ2n) is 4.36. The normalized spacial score (nSPS) is 12.2. The molecule has 1 atom stereocenters. The van der Waals surface area contributed by atoms with E-state index in [1.807, 2.05) is 30.3 Å². The van der Waals surface area contributed by atoms with Gasteiger partial charge in [0.25, 0.3) is 0 Å². The van der Waals surface area contributed by atoms with Crippen molar-refractivity contribution in [3.05, 3.63) is 61.5 Å². The third kappa shape index (κ3) is 3.76. The van der Waals surface area contributed by atoms with Crippen molar-refractivity contribution < 1.29 is 9.84 Å². The van der Waals surface area contributed by atoms with E-state index in [1.165, 1.54) is 0 Å². The Morgan fingerprint density at radius 2 is 1.90 bits per heavy atom. The Bertz CT molecular complexity index is 617. The highest BCUT2D eigenvalue weighted by Crippen LogP contribution is 2.30. The molecule has 0 heterocycles. The lowest BCUT2D eigenvalue weighted by Crippen LogP contribution is -2.02. The predicted octanol–water partition coefficient (Wildman–Crippen LogP) is 5.15. The number of rotatable bonds is 4. The Morgan fingerprint density at radius 3 is 2.50 bits per heavy atom. The van der Waals surface area contributed by atoms with E-state index in [1.54, 1.807) is 13.2 Å². The maximum Gasteiger partial charge on any atom is 0.133 e.